The Morgan fingerprint density at radius 2 is 2.25 bits per heavy atom. The molecule has 1 heterocycles. The highest BCUT2D eigenvalue weighted by molar-refractivity contribution is 5.94. The van der Waals surface area contributed by atoms with Crippen LogP contribution >= 0.6 is 0 Å². The van der Waals surface area contributed by atoms with E-state index in [4.69, 9.17) is 0 Å². The molecule has 2 atom stereocenters. The number of rotatable bonds is 1. The standard InChI is InChI=1S/C10H11F2N3O/c1-15(2)9(16)7-6-4-3-5(4)10(11,12)8(6)14-13-7/h4-5H,3H2,1-2H3,(H,13,14)/t4-,5?/m0/s1. The van der Waals surface area contributed by atoms with Crippen molar-refractivity contribution in [3.63, 3.8) is 0 Å². The van der Waals surface area contributed by atoms with Gasteiger partial charge in [-0.25, -0.2) is 0 Å². The van der Waals surface area contributed by atoms with Crippen molar-refractivity contribution < 1.29 is 13.6 Å². The summed E-state index contributed by atoms with van der Waals surface area (Å²) in [6, 6.07) is 0. The number of H-pyrrole nitrogens is 1. The highest BCUT2D eigenvalue weighted by Crippen LogP contribution is 2.67. The highest BCUT2D eigenvalue weighted by Gasteiger charge is 2.66. The third-order valence-corrected chi connectivity index (χ3v) is 3.37. The number of alkyl halides is 2. The van der Waals surface area contributed by atoms with Crippen molar-refractivity contribution in [3.05, 3.63) is 17.0 Å². The maximum Gasteiger partial charge on any atom is 0.292 e. The van der Waals surface area contributed by atoms with E-state index in [9.17, 15) is 13.6 Å². The van der Waals surface area contributed by atoms with Crippen molar-refractivity contribution in [2.75, 3.05) is 14.1 Å². The maximum absolute atomic E-state index is 13.7. The van der Waals surface area contributed by atoms with Crippen LogP contribution in [0.1, 0.15) is 34.1 Å². The van der Waals surface area contributed by atoms with E-state index in [0.717, 1.165) is 0 Å². The lowest BCUT2D eigenvalue weighted by Gasteiger charge is -2.10. The first-order valence-corrected chi connectivity index (χ1v) is 5.12. The molecule has 1 unspecified atom stereocenters. The van der Waals surface area contributed by atoms with Crippen molar-refractivity contribution in [2.24, 2.45) is 5.92 Å². The predicted octanol–water partition coefficient (Wildman–Crippen LogP) is 1.32. The van der Waals surface area contributed by atoms with Gasteiger partial charge in [-0.05, 0) is 12.3 Å². The number of nitrogens with zero attached hydrogens (tertiary/aromatic N) is 2. The van der Waals surface area contributed by atoms with E-state index >= 15 is 0 Å². The summed E-state index contributed by atoms with van der Waals surface area (Å²) >= 11 is 0. The van der Waals surface area contributed by atoms with Crippen LogP contribution in [0.25, 0.3) is 0 Å². The van der Waals surface area contributed by atoms with E-state index in [0.29, 0.717) is 12.0 Å². The van der Waals surface area contributed by atoms with Crippen molar-refractivity contribution >= 4 is 5.91 Å². The van der Waals surface area contributed by atoms with E-state index in [1.807, 2.05) is 0 Å². The Morgan fingerprint density at radius 1 is 1.56 bits per heavy atom. The third-order valence-electron chi connectivity index (χ3n) is 3.37. The van der Waals surface area contributed by atoms with Crippen LogP contribution in [0.2, 0.25) is 0 Å². The molecule has 1 saturated carbocycles. The zero-order valence-corrected chi connectivity index (χ0v) is 8.92. The van der Waals surface area contributed by atoms with Gasteiger partial charge in [-0.3, -0.25) is 9.89 Å². The van der Waals surface area contributed by atoms with Gasteiger partial charge in [0.05, 0.1) is 0 Å². The molecule has 6 heteroatoms. The molecule has 0 radical (unpaired) electrons. The fraction of sp³-hybridized carbons (Fsp3) is 0.600. The number of nitrogens with one attached hydrogen (secondary N) is 1. The van der Waals surface area contributed by atoms with E-state index in [-0.39, 0.29) is 23.2 Å². The SMILES string of the molecule is CN(C)C(=O)c1n[nH]c2c1[C@H]1CC1C2(F)F. The van der Waals surface area contributed by atoms with Crippen LogP contribution in [0.4, 0.5) is 8.78 Å². The second-order valence-electron chi connectivity index (χ2n) is 4.63. The van der Waals surface area contributed by atoms with Crippen molar-refractivity contribution in [1.82, 2.24) is 15.1 Å². The van der Waals surface area contributed by atoms with Gasteiger partial charge in [-0.1, -0.05) is 0 Å². The molecule has 1 aromatic rings. The van der Waals surface area contributed by atoms with Crippen LogP contribution in [-0.4, -0.2) is 35.1 Å². The van der Waals surface area contributed by atoms with Crippen molar-refractivity contribution in [1.29, 1.82) is 0 Å². The second-order valence-corrected chi connectivity index (χ2v) is 4.63. The summed E-state index contributed by atoms with van der Waals surface area (Å²) in [6.07, 6.45) is 0.466. The molecule has 2 aliphatic carbocycles. The molecule has 1 amide bonds. The summed E-state index contributed by atoms with van der Waals surface area (Å²) in [5.74, 6) is -3.95. The molecule has 86 valence electrons. The second kappa shape index (κ2) is 2.61. The fourth-order valence-electron chi connectivity index (χ4n) is 2.44. The molecule has 3 rings (SSSR count). The summed E-state index contributed by atoms with van der Waals surface area (Å²) in [7, 11) is 3.17. The van der Waals surface area contributed by atoms with Crippen molar-refractivity contribution in [2.45, 2.75) is 18.3 Å². The molecule has 4 nitrogen and oxygen atoms in total. The lowest BCUT2D eigenvalue weighted by Crippen LogP contribution is -2.23. The molecule has 1 N–H and O–H groups in total. The lowest BCUT2D eigenvalue weighted by atomic mass is 10.1. The zero-order chi connectivity index (χ0) is 11.7. The smallest absolute Gasteiger partial charge is 0.292 e. The molecule has 0 saturated heterocycles. The molecule has 0 spiro atoms. The maximum atomic E-state index is 13.7. The summed E-state index contributed by atoms with van der Waals surface area (Å²) in [6.45, 7) is 0. The lowest BCUT2D eigenvalue weighted by molar-refractivity contribution is -0.0268. The Kier molecular flexibility index (Phi) is 1.59. The van der Waals surface area contributed by atoms with Gasteiger partial charge in [0.2, 0.25) is 0 Å². The van der Waals surface area contributed by atoms with Crippen LogP contribution in [0.3, 0.4) is 0 Å². The largest absolute Gasteiger partial charge is 0.343 e. The zero-order valence-electron chi connectivity index (χ0n) is 8.92. The third kappa shape index (κ3) is 0.968. The van der Waals surface area contributed by atoms with E-state index in [2.05, 4.69) is 10.2 Å². The molecule has 1 aromatic heterocycles. The summed E-state index contributed by atoms with van der Waals surface area (Å²) < 4.78 is 27.3. The molecule has 2 aliphatic rings. The first-order valence-electron chi connectivity index (χ1n) is 5.12. The van der Waals surface area contributed by atoms with Crippen LogP contribution in [-0.2, 0) is 5.92 Å². The number of aromatic amines is 1. The number of amides is 1. The number of halogens is 2. The summed E-state index contributed by atoms with van der Waals surface area (Å²) in [5.41, 5.74) is 0.442. The quantitative estimate of drug-likeness (QED) is 0.786. The molecule has 1 fully saturated rings. The number of hydrogen-bond donors (Lipinski definition) is 1. The number of aromatic nitrogens is 2. The minimum absolute atomic E-state index is 0.154. The number of hydrogen-bond acceptors (Lipinski definition) is 2. The number of fused-ring (bicyclic) bond motifs is 3. The Balaban J connectivity index is 2.10. The van der Waals surface area contributed by atoms with Gasteiger partial charge in [0, 0.05) is 25.6 Å². The Bertz CT molecular complexity index is 480. The first-order chi connectivity index (χ1) is 7.44. The molecular weight excluding hydrogens is 216 g/mol. The normalized spacial score (nSPS) is 28.5. The Labute approximate surface area is 90.6 Å². The van der Waals surface area contributed by atoms with Crippen molar-refractivity contribution in [3.8, 4) is 0 Å². The summed E-state index contributed by atoms with van der Waals surface area (Å²) in [4.78, 5) is 13.1. The van der Waals surface area contributed by atoms with Gasteiger partial charge in [0.15, 0.2) is 5.69 Å². The molecule has 16 heavy (non-hydrogen) atoms. The van der Waals surface area contributed by atoms with Gasteiger partial charge >= 0.3 is 0 Å². The van der Waals surface area contributed by atoms with Gasteiger partial charge in [-0.15, -0.1) is 0 Å². The van der Waals surface area contributed by atoms with Crippen LogP contribution in [0.5, 0.6) is 0 Å². The molecule has 0 aliphatic heterocycles. The summed E-state index contributed by atoms with van der Waals surface area (Å²) in [5, 5.41) is 6.06. The van der Waals surface area contributed by atoms with Gasteiger partial charge in [0.1, 0.15) is 5.69 Å². The van der Waals surface area contributed by atoms with Crippen LogP contribution in [0, 0.1) is 5.92 Å². The molecular formula is C10H11F2N3O. The average Bonchev–Trinajstić information content (AvgIpc) is 2.82. The van der Waals surface area contributed by atoms with E-state index in [1.54, 1.807) is 14.1 Å². The van der Waals surface area contributed by atoms with Gasteiger partial charge in [-0.2, -0.15) is 13.9 Å². The number of carbonyl (C=O) groups excluding carboxylic acids is 1. The monoisotopic (exact) mass is 227 g/mol. The Hall–Kier alpha value is -1.46. The average molecular weight is 227 g/mol. The van der Waals surface area contributed by atoms with Gasteiger partial charge in [0.25, 0.3) is 11.8 Å². The van der Waals surface area contributed by atoms with E-state index in [1.165, 1.54) is 4.90 Å². The van der Waals surface area contributed by atoms with Crippen LogP contribution < -0.4 is 0 Å². The molecule has 0 aromatic carbocycles. The first kappa shape index (κ1) is 9.74. The number of carbonyl (C=O) groups is 1. The predicted molar refractivity (Wildman–Crippen MR) is 51.3 cm³/mol. The minimum Gasteiger partial charge on any atom is -0.343 e. The topological polar surface area (TPSA) is 49.0 Å². The fourth-order valence-corrected chi connectivity index (χ4v) is 2.44. The van der Waals surface area contributed by atoms with E-state index < -0.39 is 11.8 Å². The highest BCUT2D eigenvalue weighted by atomic mass is 19.3. The molecule has 0 bridgehead atoms. The minimum atomic E-state index is -2.84. The van der Waals surface area contributed by atoms with Crippen LogP contribution in [0.15, 0.2) is 0 Å². The van der Waals surface area contributed by atoms with Gasteiger partial charge < -0.3 is 4.90 Å². The Morgan fingerprint density at radius 3 is 2.88 bits per heavy atom.